The van der Waals surface area contributed by atoms with Gasteiger partial charge in [-0.1, -0.05) is 19.3 Å². The Hall–Kier alpha value is -1.49. The smallest absolute Gasteiger partial charge is 0.177 e. The van der Waals surface area contributed by atoms with Gasteiger partial charge in [-0.3, -0.25) is 0 Å². The van der Waals surface area contributed by atoms with Crippen molar-refractivity contribution in [3.63, 3.8) is 0 Å². The molecule has 0 aromatic carbocycles. The number of fused-ring (bicyclic) bond motifs is 1. The molecule has 0 amide bonds. The third-order valence-corrected chi connectivity index (χ3v) is 3.60. The average molecular weight is 231 g/mol. The summed E-state index contributed by atoms with van der Waals surface area (Å²) in [6.07, 6.45) is 7.66. The van der Waals surface area contributed by atoms with Gasteiger partial charge in [0, 0.05) is 18.2 Å². The van der Waals surface area contributed by atoms with E-state index < -0.39 is 0 Å². The van der Waals surface area contributed by atoms with E-state index in [1.807, 2.05) is 16.6 Å². The molecule has 90 valence electrons. The highest BCUT2D eigenvalue weighted by Crippen LogP contribution is 2.29. The Morgan fingerprint density at radius 3 is 3.00 bits per heavy atom. The monoisotopic (exact) mass is 231 g/mol. The average Bonchev–Trinajstić information content (AvgIpc) is 2.66. The maximum Gasteiger partial charge on any atom is 0.177 e. The quantitative estimate of drug-likeness (QED) is 0.755. The molecule has 3 rings (SSSR count). The Balaban J connectivity index is 2.01. The molecule has 5 heteroatoms. The van der Waals surface area contributed by atoms with Gasteiger partial charge >= 0.3 is 0 Å². The molecule has 0 bridgehead atoms. The Bertz CT molecular complexity index is 506. The maximum atomic E-state index is 6.25. The zero-order chi connectivity index (χ0) is 11.7. The highest BCUT2D eigenvalue weighted by Gasteiger charge is 2.26. The predicted molar refractivity (Wildman–Crippen MR) is 64.6 cm³/mol. The lowest BCUT2D eigenvalue weighted by molar-refractivity contribution is 0.474. The van der Waals surface area contributed by atoms with Crippen molar-refractivity contribution < 1.29 is 0 Å². The van der Waals surface area contributed by atoms with Gasteiger partial charge in [0.05, 0.1) is 0 Å². The van der Waals surface area contributed by atoms with Crippen LogP contribution in [0.2, 0.25) is 0 Å². The highest BCUT2D eigenvalue weighted by atomic mass is 15.4. The van der Waals surface area contributed by atoms with Gasteiger partial charge in [-0.25, -0.2) is 0 Å². The van der Waals surface area contributed by atoms with Gasteiger partial charge in [-0.05, 0) is 25.0 Å². The topological polar surface area (TPSA) is 69.1 Å². The molecule has 1 fully saturated rings. The first-order valence-electron chi connectivity index (χ1n) is 6.28. The van der Waals surface area contributed by atoms with Gasteiger partial charge < -0.3 is 5.73 Å². The lowest BCUT2D eigenvalue weighted by Gasteiger charge is -2.18. The molecule has 2 N–H and O–H groups in total. The summed E-state index contributed by atoms with van der Waals surface area (Å²) in [5.74, 6) is 1.22. The third-order valence-electron chi connectivity index (χ3n) is 3.60. The molecule has 2 aromatic rings. The van der Waals surface area contributed by atoms with Crippen LogP contribution in [0.25, 0.3) is 5.65 Å². The maximum absolute atomic E-state index is 6.25. The van der Waals surface area contributed by atoms with Crippen molar-refractivity contribution in [3.05, 3.63) is 24.2 Å². The zero-order valence-corrected chi connectivity index (χ0v) is 9.79. The molecule has 2 unspecified atom stereocenters. The molecule has 1 saturated carbocycles. The molecule has 17 heavy (non-hydrogen) atoms. The van der Waals surface area contributed by atoms with Crippen molar-refractivity contribution >= 4 is 5.65 Å². The van der Waals surface area contributed by atoms with E-state index in [2.05, 4.69) is 15.3 Å². The first-order valence-corrected chi connectivity index (χ1v) is 6.28. The van der Waals surface area contributed by atoms with Gasteiger partial charge in [0.15, 0.2) is 11.5 Å². The van der Waals surface area contributed by atoms with E-state index >= 15 is 0 Å². The minimum Gasteiger partial charge on any atom is -0.327 e. The molecule has 0 spiro atoms. The fourth-order valence-corrected chi connectivity index (χ4v) is 2.65. The fourth-order valence-electron chi connectivity index (χ4n) is 2.65. The standard InChI is InChI=1S/C12H17N5/c13-10-6-3-1-2-5-9(10)12-16-15-11-7-4-8-14-17(11)12/h4,7-10H,1-3,5-6,13H2. The summed E-state index contributed by atoms with van der Waals surface area (Å²) in [6.45, 7) is 0. The largest absolute Gasteiger partial charge is 0.327 e. The second-order valence-electron chi connectivity index (χ2n) is 4.76. The van der Waals surface area contributed by atoms with E-state index in [9.17, 15) is 0 Å². The van der Waals surface area contributed by atoms with Gasteiger partial charge in [0.25, 0.3) is 0 Å². The van der Waals surface area contributed by atoms with E-state index in [0.29, 0.717) is 5.92 Å². The summed E-state index contributed by atoms with van der Waals surface area (Å²) in [6, 6.07) is 3.99. The molecule has 1 aliphatic carbocycles. The summed E-state index contributed by atoms with van der Waals surface area (Å²) < 4.78 is 1.83. The van der Waals surface area contributed by atoms with Crippen LogP contribution >= 0.6 is 0 Å². The molecule has 1 aliphatic rings. The fraction of sp³-hybridized carbons (Fsp3) is 0.583. The number of hydrogen-bond acceptors (Lipinski definition) is 4. The molecular weight excluding hydrogens is 214 g/mol. The van der Waals surface area contributed by atoms with E-state index in [4.69, 9.17) is 5.73 Å². The van der Waals surface area contributed by atoms with Crippen molar-refractivity contribution in [2.45, 2.75) is 44.1 Å². The highest BCUT2D eigenvalue weighted by molar-refractivity contribution is 5.35. The van der Waals surface area contributed by atoms with Crippen molar-refractivity contribution in [2.24, 2.45) is 5.73 Å². The Kier molecular flexibility index (Phi) is 2.76. The minimum atomic E-state index is 0.187. The van der Waals surface area contributed by atoms with Crippen molar-refractivity contribution in [1.29, 1.82) is 0 Å². The summed E-state index contributed by atoms with van der Waals surface area (Å²) in [5, 5.41) is 12.8. The van der Waals surface area contributed by atoms with Crippen LogP contribution in [0, 0.1) is 0 Å². The number of rotatable bonds is 1. The van der Waals surface area contributed by atoms with Crippen LogP contribution in [0.15, 0.2) is 18.3 Å². The SMILES string of the molecule is NC1CCCCCC1c1nnc2cccnn12. The zero-order valence-electron chi connectivity index (χ0n) is 9.79. The van der Waals surface area contributed by atoms with Gasteiger partial charge in [-0.2, -0.15) is 9.61 Å². The Morgan fingerprint density at radius 1 is 1.18 bits per heavy atom. The van der Waals surface area contributed by atoms with Crippen LogP contribution in [0.5, 0.6) is 0 Å². The van der Waals surface area contributed by atoms with Crippen LogP contribution in [-0.4, -0.2) is 25.9 Å². The molecule has 0 aliphatic heterocycles. The Morgan fingerprint density at radius 2 is 2.06 bits per heavy atom. The molecule has 5 nitrogen and oxygen atoms in total. The number of aromatic nitrogens is 4. The first kappa shape index (κ1) is 10.7. The second-order valence-corrected chi connectivity index (χ2v) is 4.76. The Labute approximate surface area is 100 Å². The first-order chi connectivity index (χ1) is 8.36. The van der Waals surface area contributed by atoms with E-state index in [0.717, 1.165) is 24.3 Å². The molecule has 2 atom stereocenters. The summed E-state index contributed by atoms with van der Waals surface area (Å²) in [4.78, 5) is 0. The lowest BCUT2D eigenvalue weighted by atomic mass is 9.95. The van der Waals surface area contributed by atoms with E-state index in [-0.39, 0.29) is 6.04 Å². The van der Waals surface area contributed by atoms with Crippen LogP contribution in [0.1, 0.15) is 43.8 Å². The number of nitrogens with two attached hydrogens (primary N) is 1. The number of hydrogen-bond donors (Lipinski definition) is 1. The van der Waals surface area contributed by atoms with E-state index in [1.165, 1.54) is 19.3 Å². The van der Waals surface area contributed by atoms with E-state index in [1.54, 1.807) is 6.20 Å². The van der Waals surface area contributed by atoms with Crippen molar-refractivity contribution in [2.75, 3.05) is 0 Å². The van der Waals surface area contributed by atoms with Crippen LogP contribution in [0.4, 0.5) is 0 Å². The van der Waals surface area contributed by atoms with Crippen LogP contribution in [0.3, 0.4) is 0 Å². The van der Waals surface area contributed by atoms with Crippen molar-refractivity contribution in [1.82, 2.24) is 19.8 Å². The molecule has 2 heterocycles. The molecule has 0 saturated heterocycles. The second kappa shape index (κ2) is 4.41. The summed E-state index contributed by atoms with van der Waals surface area (Å²) in [7, 11) is 0. The molecule has 0 radical (unpaired) electrons. The van der Waals surface area contributed by atoms with Crippen molar-refractivity contribution in [3.8, 4) is 0 Å². The minimum absolute atomic E-state index is 0.187. The van der Waals surface area contributed by atoms with Gasteiger partial charge in [-0.15, -0.1) is 10.2 Å². The third kappa shape index (κ3) is 1.91. The predicted octanol–water partition coefficient (Wildman–Crippen LogP) is 1.50. The van der Waals surface area contributed by atoms with Crippen LogP contribution in [-0.2, 0) is 0 Å². The van der Waals surface area contributed by atoms with Gasteiger partial charge in [0.1, 0.15) is 0 Å². The molecular formula is C12H17N5. The van der Waals surface area contributed by atoms with Gasteiger partial charge in [0.2, 0.25) is 0 Å². The summed E-state index contributed by atoms with van der Waals surface area (Å²) in [5.41, 5.74) is 7.06. The normalized spacial score (nSPS) is 25.9. The molecule has 2 aromatic heterocycles. The van der Waals surface area contributed by atoms with Crippen LogP contribution < -0.4 is 5.73 Å². The summed E-state index contributed by atoms with van der Waals surface area (Å²) >= 11 is 0. The number of nitrogens with zero attached hydrogens (tertiary/aromatic N) is 4. The lowest BCUT2D eigenvalue weighted by Crippen LogP contribution is -2.28.